The lowest BCUT2D eigenvalue weighted by atomic mass is 10.1. The highest BCUT2D eigenvalue weighted by Gasteiger charge is 2.19. The van der Waals surface area contributed by atoms with Crippen LogP contribution in [-0.2, 0) is 19.6 Å². The van der Waals surface area contributed by atoms with Gasteiger partial charge in [-0.05, 0) is 24.7 Å². The summed E-state index contributed by atoms with van der Waals surface area (Å²) in [6.45, 7) is 3.01. The van der Waals surface area contributed by atoms with Gasteiger partial charge in [0.25, 0.3) is 0 Å². The lowest BCUT2D eigenvalue weighted by molar-refractivity contribution is 0.543. The van der Waals surface area contributed by atoms with Crippen LogP contribution < -0.4 is 10.2 Å². The van der Waals surface area contributed by atoms with Crippen LogP contribution in [0.2, 0.25) is 0 Å². The first-order valence-corrected chi connectivity index (χ1v) is 6.46. The highest BCUT2D eigenvalue weighted by molar-refractivity contribution is 5.49. The van der Waals surface area contributed by atoms with Crippen LogP contribution in [0, 0.1) is 5.82 Å². The van der Waals surface area contributed by atoms with E-state index in [0.29, 0.717) is 18.8 Å². The molecule has 4 nitrogen and oxygen atoms in total. The molecular weight excluding hydrogens is 243 g/mol. The van der Waals surface area contributed by atoms with E-state index in [1.807, 2.05) is 30.3 Å². The first-order chi connectivity index (χ1) is 9.28. The summed E-state index contributed by atoms with van der Waals surface area (Å²) in [5.74, 6) is 0.831. The van der Waals surface area contributed by atoms with Gasteiger partial charge >= 0.3 is 0 Å². The van der Waals surface area contributed by atoms with Crippen molar-refractivity contribution in [2.24, 2.45) is 0 Å². The largest absolute Gasteiger partial charge is 0.360 e. The number of benzene rings is 1. The third-order valence-corrected chi connectivity index (χ3v) is 3.48. The lowest BCUT2D eigenvalue weighted by Gasteiger charge is -2.30. The zero-order chi connectivity index (χ0) is 13.2. The van der Waals surface area contributed by atoms with Gasteiger partial charge in [-0.2, -0.15) is 0 Å². The van der Waals surface area contributed by atoms with Gasteiger partial charge in [0, 0.05) is 32.0 Å². The summed E-state index contributed by atoms with van der Waals surface area (Å²) in [4.78, 5) is 6.34. The molecular formula is C14H17FN4. The molecule has 0 atom stereocenters. The number of aromatic nitrogens is 2. The molecule has 0 fully saturated rings. The third kappa shape index (κ3) is 2.33. The maximum absolute atomic E-state index is 14.2. The number of rotatable bonds is 3. The van der Waals surface area contributed by atoms with Crippen molar-refractivity contribution >= 4 is 5.69 Å². The predicted octanol–water partition coefficient (Wildman–Crippen LogP) is 1.76. The second kappa shape index (κ2) is 5.01. The van der Waals surface area contributed by atoms with E-state index < -0.39 is 0 Å². The SMILES string of the molecule is CNCc1ccc(N2CCn3ccnc3C2)c(F)c1. The Kier molecular flexibility index (Phi) is 3.21. The summed E-state index contributed by atoms with van der Waals surface area (Å²) in [5.41, 5.74) is 1.62. The average Bonchev–Trinajstić information content (AvgIpc) is 2.86. The molecule has 3 rings (SSSR count). The van der Waals surface area contributed by atoms with Crippen molar-refractivity contribution in [2.45, 2.75) is 19.6 Å². The summed E-state index contributed by atoms with van der Waals surface area (Å²) in [6.07, 6.45) is 3.77. The second-order valence-corrected chi connectivity index (χ2v) is 4.77. The molecule has 0 spiro atoms. The molecule has 5 heteroatoms. The minimum Gasteiger partial charge on any atom is -0.360 e. The van der Waals surface area contributed by atoms with Gasteiger partial charge in [0.05, 0.1) is 12.2 Å². The van der Waals surface area contributed by atoms with Crippen molar-refractivity contribution in [3.8, 4) is 0 Å². The van der Waals surface area contributed by atoms with Crippen molar-refractivity contribution in [3.63, 3.8) is 0 Å². The van der Waals surface area contributed by atoms with Gasteiger partial charge in [-0.1, -0.05) is 6.07 Å². The Balaban J connectivity index is 1.83. The zero-order valence-electron chi connectivity index (χ0n) is 10.9. The van der Waals surface area contributed by atoms with Gasteiger partial charge in [-0.3, -0.25) is 0 Å². The molecule has 1 aliphatic heterocycles. The lowest BCUT2D eigenvalue weighted by Crippen LogP contribution is -2.34. The molecule has 0 unspecified atom stereocenters. The fraction of sp³-hybridized carbons (Fsp3) is 0.357. The number of hydrogen-bond acceptors (Lipinski definition) is 3. The van der Waals surface area contributed by atoms with E-state index in [-0.39, 0.29) is 5.82 Å². The molecule has 0 aliphatic carbocycles. The van der Waals surface area contributed by atoms with Crippen molar-refractivity contribution in [1.82, 2.24) is 14.9 Å². The summed E-state index contributed by atoms with van der Waals surface area (Å²) >= 11 is 0. The molecule has 1 aromatic carbocycles. The van der Waals surface area contributed by atoms with Gasteiger partial charge in [-0.25, -0.2) is 9.37 Å². The predicted molar refractivity (Wildman–Crippen MR) is 72.4 cm³/mol. The van der Waals surface area contributed by atoms with E-state index in [1.54, 1.807) is 12.3 Å². The molecule has 0 radical (unpaired) electrons. The molecule has 0 bridgehead atoms. The number of nitrogens with one attached hydrogen (secondary N) is 1. The minimum atomic E-state index is -0.159. The number of nitrogens with zero attached hydrogens (tertiary/aromatic N) is 3. The van der Waals surface area contributed by atoms with Gasteiger partial charge in [0.2, 0.25) is 0 Å². The van der Waals surface area contributed by atoms with E-state index in [4.69, 9.17) is 0 Å². The number of halogens is 1. The van der Waals surface area contributed by atoms with Crippen LogP contribution >= 0.6 is 0 Å². The number of imidazole rings is 1. The van der Waals surface area contributed by atoms with E-state index in [1.165, 1.54) is 0 Å². The maximum Gasteiger partial charge on any atom is 0.146 e. The fourth-order valence-corrected chi connectivity index (χ4v) is 2.50. The van der Waals surface area contributed by atoms with E-state index in [9.17, 15) is 4.39 Å². The molecule has 0 saturated heterocycles. The molecule has 100 valence electrons. The Morgan fingerprint density at radius 3 is 3.05 bits per heavy atom. The molecule has 0 amide bonds. The van der Waals surface area contributed by atoms with Crippen molar-refractivity contribution < 1.29 is 4.39 Å². The molecule has 2 heterocycles. The van der Waals surface area contributed by atoms with Crippen LogP contribution in [0.3, 0.4) is 0 Å². The molecule has 1 N–H and O–H groups in total. The van der Waals surface area contributed by atoms with Crippen LogP contribution in [0.25, 0.3) is 0 Å². The number of anilines is 1. The van der Waals surface area contributed by atoms with E-state index >= 15 is 0 Å². The number of hydrogen-bond donors (Lipinski definition) is 1. The van der Waals surface area contributed by atoms with Gasteiger partial charge in [0.1, 0.15) is 11.6 Å². The Hall–Kier alpha value is -1.88. The zero-order valence-corrected chi connectivity index (χ0v) is 10.9. The maximum atomic E-state index is 14.2. The van der Waals surface area contributed by atoms with Crippen LogP contribution in [-0.4, -0.2) is 23.1 Å². The topological polar surface area (TPSA) is 33.1 Å². The van der Waals surface area contributed by atoms with Crippen LogP contribution in [0.1, 0.15) is 11.4 Å². The Morgan fingerprint density at radius 2 is 2.26 bits per heavy atom. The van der Waals surface area contributed by atoms with Crippen LogP contribution in [0.15, 0.2) is 30.6 Å². The molecule has 1 aromatic heterocycles. The third-order valence-electron chi connectivity index (χ3n) is 3.48. The summed E-state index contributed by atoms with van der Waals surface area (Å²) < 4.78 is 16.3. The van der Waals surface area contributed by atoms with Crippen molar-refractivity contribution in [2.75, 3.05) is 18.5 Å². The first kappa shape index (κ1) is 12.2. The summed E-state index contributed by atoms with van der Waals surface area (Å²) in [7, 11) is 1.86. The van der Waals surface area contributed by atoms with Crippen molar-refractivity contribution in [1.29, 1.82) is 0 Å². The van der Waals surface area contributed by atoms with Crippen molar-refractivity contribution in [3.05, 3.63) is 47.8 Å². The van der Waals surface area contributed by atoms with Crippen LogP contribution in [0.4, 0.5) is 10.1 Å². The van der Waals surface area contributed by atoms with E-state index in [0.717, 1.165) is 24.5 Å². The van der Waals surface area contributed by atoms with Gasteiger partial charge < -0.3 is 14.8 Å². The minimum absolute atomic E-state index is 0.159. The highest BCUT2D eigenvalue weighted by atomic mass is 19.1. The highest BCUT2D eigenvalue weighted by Crippen LogP contribution is 2.24. The summed E-state index contributed by atoms with van der Waals surface area (Å²) in [6, 6.07) is 5.43. The number of fused-ring (bicyclic) bond motifs is 1. The second-order valence-electron chi connectivity index (χ2n) is 4.77. The fourth-order valence-electron chi connectivity index (χ4n) is 2.50. The Morgan fingerprint density at radius 1 is 1.37 bits per heavy atom. The first-order valence-electron chi connectivity index (χ1n) is 6.46. The van der Waals surface area contributed by atoms with Gasteiger partial charge in [-0.15, -0.1) is 0 Å². The normalized spacial score (nSPS) is 14.5. The Bertz CT molecular complexity index is 579. The van der Waals surface area contributed by atoms with Crippen LogP contribution in [0.5, 0.6) is 0 Å². The molecule has 2 aromatic rings. The molecule has 1 aliphatic rings. The smallest absolute Gasteiger partial charge is 0.146 e. The van der Waals surface area contributed by atoms with E-state index in [2.05, 4.69) is 14.9 Å². The van der Waals surface area contributed by atoms with Gasteiger partial charge in [0.15, 0.2) is 0 Å². The standard InChI is InChI=1S/C14H17FN4/c1-16-9-11-2-3-13(12(15)8-11)19-7-6-18-5-4-17-14(18)10-19/h2-5,8,16H,6-7,9-10H2,1H3. The average molecular weight is 260 g/mol. The molecule has 19 heavy (non-hydrogen) atoms. The Labute approximate surface area is 111 Å². The summed E-state index contributed by atoms with van der Waals surface area (Å²) in [5, 5.41) is 3.03. The monoisotopic (exact) mass is 260 g/mol. The molecule has 0 saturated carbocycles. The quantitative estimate of drug-likeness (QED) is 0.913.